The maximum Gasteiger partial charge on any atom is 0.253 e. The molecule has 1 aromatic rings. The summed E-state index contributed by atoms with van der Waals surface area (Å²) < 4.78 is 0. The number of halogens is 2. The molecule has 1 saturated heterocycles. The first-order valence-corrected chi connectivity index (χ1v) is 9.86. The molecule has 0 radical (unpaired) electrons. The smallest absolute Gasteiger partial charge is 0.253 e. The van der Waals surface area contributed by atoms with Crippen molar-refractivity contribution in [1.82, 2.24) is 15.5 Å². The molecule has 3 amide bonds. The molecule has 0 saturated carbocycles. The Bertz CT molecular complexity index is 709. The number of hydrogen-bond donors (Lipinski definition) is 2. The second kappa shape index (κ2) is 9.95. The van der Waals surface area contributed by atoms with E-state index in [1.165, 1.54) is 12.1 Å². The van der Waals surface area contributed by atoms with Crippen LogP contribution in [0.4, 0.5) is 0 Å². The summed E-state index contributed by atoms with van der Waals surface area (Å²) in [4.78, 5) is 38.4. The maximum absolute atomic E-state index is 12.5. The van der Waals surface area contributed by atoms with E-state index in [0.29, 0.717) is 31.0 Å². The predicted molar refractivity (Wildman–Crippen MR) is 106 cm³/mol. The fourth-order valence-electron chi connectivity index (χ4n) is 2.96. The standard InChI is InChI=1S/C19H25Cl2N3O3/c1-12(2)17(23-18(26)14-7-6-13(20)11-15(14)21)19(27)22-8-4-10-24-9-3-5-16(24)25/h6-7,11-12,17H,3-5,8-10H2,1-2H3,(H,22,27)(H,23,26). The van der Waals surface area contributed by atoms with E-state index >= 15 is 0 Å². The Kier molecular flexibility index (Phi) is 7.92. The monoisotopic (exact) mass is 413 g/mol. The molecule has 1 atom stereocenters. The lowest BCUT2D eigenvalue weighted by Gasteiger charge is -2.22. The lowest BCUT2D eigenvalue weighted by Crippen LogP contribution is -2.50. The minimum absolute atomic E-state index is 0.0971. The van der Waals surface area contributed by atoms with Gasteiger partial charge in [0.1, 0.15) is 6.04 Å². The van der Waals surface area contributed by atoms with Gasteiger partial charge in [0.15, 0.2) is 0 Å². The van der Waals surface area contributed by atoms with E-state index in [2.05, 4.69) is 10.6 Å². The summed E-state index contributed by atoms with van der Waals surface area (Å²) in [7, 11) is 0. The van der Waals surface area contributed by atoms with Gasteiger partial charge in [-0.25, -0.2) is 0 Å². The lowest BCUT2D eigenvalue weighted by molar-refractivity contribution is -0.127. The van der Waals surface area contributed by atoms with Crippen molar-refractivity contribution in [3.8, 4) is 0 Å². The fraction of sp³-hybridized carbons (Fsp3) is 0.526. The van der Waals surface area contributed by atoms with Crippen molar-refractivity contribution in [1.29, 1.82) is 0 Å². The van der Waals surface area contributed by atoms with Gasteiger partial charge in [0.2, 0.25) is 11.8 Å². The highest BCUT2D eigenvalue weighted by Crippen LogP contribution is 2.21. The Balaban J connectivity index is 1.86. The van der Waals surface area contributed by atoms with Crippen molar-refractivity contribution in [2.45, 2.75) is 39.2 Å². The van der Waals surface area contributed by atoms with Gasteiger partial charge in [-0.15, -0.1) is 0 Å². The average molecular weight is 414 g/mol. The molecule has 6 nitrogen and oxygen atoms in total. The molecule has 1 heterocycles. The number of hydrogen-bond acceptors (Lipinski definition) is 3. The van der Waals surface area contributed by atoms with E-state index in [-0.39, 0.29) is 28.3 Å². The molecular weight excluding hydrogens is 389 g/mol. The summed E-state index contributed by atoms with van der Waals surface area (Å²) in [5.74, 6) is -0.599. The second-order valence-electron chi connectivity index (χ2n) is 6.95. The largest absolute Gasteiger partial charge is 0.354 e. The number of carbonyl (C=O) groups excluding carboxylic acids is 3. The number of rotatable bonds is 8. The van der Waals surface area contributed by atoms with Crippen LogP contribution >= 0.6 is 23.2 Å². The van der Waals surface area contributed by atoms with E-state index in [1.54, 1.807) is 6.07 Å². The minimum Gasteiger partial charge on any atom is -0.354 e. The van der Waals surface area contributed by atoms with E-state index in [0.717, 1.165) is 13.0 Å². The minimum atomic E-state index is -0.683. The van der Waals surface area contributed by atoms with Crippen LogP contribution < -0.4 is 10.6 Å². The van der Waals surface area contributed by atoms with Crippen LogP contribution in [-0.4, -0.2) is 48.3 Å². The lowest BCUT2D eigenvalue weighted by atomic mass is 10.0. The highest BCUT2D eigenvalue weighted by molar-refractivity contribution is 6.36. The van der Waals surface area contributed by atoms with E-state index in [9.17, 15) is 14.4 Å². The van der Waals surface area contributed by atoms with Gasteiger partial charge in [-0.05, 0) is 37.0 Å². The molecule has 27 heavy (non-hydrogen) atoms. The molecule has 0 bridgehead atoms. The molecule has 0 aliphatic carbocycles. The summed E-state index contributed by atoms with van der Waals surface area (Å²) >= 11 is 11.9. The SMILES string of the molecule is CC(C)C(NC(=O)c1ccc(Cl)cc1Cl)C(=O)NCCCN1CCCC1=O. The van der Waals surface area contributed by atoms with Crippen molar-refractivity contribution in [3.63, 3.8) is 0 Å². The maximum atomic E-state index is 12.5. The Labute approximate surface area is 169 Å². The van der Waals surface area contributed by atoms with Gasteiger partial charge in [0.25, 0.3) is 5.91 Å². The number of carbonyl (C=O) groups is 3. The molecule has 1 aliphatic rings. The topological polar surface area (TPSA) is 78.5 Å². The summed E-state index contributed by atoms with van der Waals surface area (Å²) in [6.45, 7) is 5.59. The Hall–Kier alpha value is -1.79. The first kappa shape index (κ1) is 21.5. The van der Waals surface area contributed by atoms with Gasteiger partial charge < -0.3 is 15.5 Å². The molecule has 0 spiro atoms. The van der Waals surface area contributed by atoms with E-state index in [1.807, 2.05) is 18.7 Å². The van der Waals surface area contributed by atoms with Crippen molar-refractivity contribution in [2.24, 2.45) is 5.92 Å². The highest BCUT2D eigenvalue weighted by Gasteiger charge is 2.25. The van der Waals surface area contributed by atoms with E-state index in [4.69, 9.17) is 23.2 Å². The van der Waals surface area contributed by atoms with Crippen LogP contribution in [-0.2, 0) is 9.59 Å². The quantitative estimate of drug-likeness (QED) is 0.643. The van der Waals surface area contributed by atoms with Crippen molar-refractivity contribution >= 4 is 40.9 Å². The van der Waals surface area contributed by atoms with Crippen LogP contribution in [0.2, 0.25) is 10.0 Å². The molecule has 1 fully saturated rings. The Morgan fingerprint density at radius 2 is 2.00 bits per heavy atom. The molecule has 2 N–H and O–H groups in total. The predicted octanol–water partition coefficient (Wildman–Crippen LogP) is 2.88. The molecule has 0 aromatic heterocycles. The third-order valence-electron chi connectivity index (χ3n) is 4.49. The summed E-state index contributed by atoms with van der Waals surface area (Å²) in [5, 5.41) is 6.25. The molecule has 1 aromatic carbocycles. The van der Waals surface area contributed by atoms with Gasteiger partial charge in [-0.3, -0.25) is 14.4 Å². The van der Waals surface area contributed by atoms with Crippen LogP contribution in [0.5, 0.6) is 0 Å². The van der Waals surface area contributed by atoms with Crippen LogP contribution in [0, 0.1) is 5.92 Å². The van der Waals surface area contributed by atoms with Crippen LogP contribution in [0.25, 0.3) is 0 Å². The van der Waals surface area contributed by atoms with Crippen molar-refractivity contribution in [3.05, 3.63) is 33.8 Å². The zero-order chi connectivity index (χ0) is 20.0. The average Bonchev–Trinajstić information content (AvgIpc) is 3.00. The zero-order valence-corrected chi connectivity index (χ0v) is 17.1. The fourth-order valence-corrected chi connectivity index (χ4v) is 3.45. The number of benzene rings is 1. The third kappa shape index (κ3) is 6.11. The molecule has 8 heteroatoms. The van der Waals surface area contributed by atoms with Gasteiger partial charge in [-0.2, -0.15) is 0 Å². The van der Waals surface area contributed by atoms with Crippen molar-refractivity contribution < 1.29 is 14.4 Å². The number of amides is 3. The molecule has 148 valence electrons. The summed E-state index contributed by atoms with van der Waals surface area (Å²) in [6, 6.07) is 3.91. The third-order valence-corrected chi connectivity index (χ3v) is 5.03. The second-order valence-corrected chi connectivity index (χ2v) is 7.79. The number of likely N-dealkylation sites (tertiary alicyclic amines) is 1. The molecular formula is C19H25Cl2N3O3. The normalized spacial score (nSPS) is 15.1. The number of nitrogens with zero attached hydrogens (tertiary/aromatic N) is 1. The highest BCUT2D eigenvalue weighted by atomic mass is 35.5. The van der Waals surface area contributed by atoms with E-state index < -0.39 is 11.9 Å². The van der Waals surface area contributed by atoms with Gasteiger partial charge in [0.05, 0.1) is 10.6 Å². The first-order chi connectivity index (χ1) is 12.8. The van der Waals surface area contributed by atoms with Gasteiger partial charge >= 0.3 is 0 Å². The molecule has 2 rings (SSSR count). The van der Waals surface area contributed by atoms with Gasteiger partial charge in [0, 0.05) is 31.1 Å². The molecule has 1 aliphatic heterocycles. The summed E-state index contributed by atoms with van der Waals surface area (Å²) in [5.41, 5.74) is 0.270. The van der Waals surface area contributed by atoms with Crippen LogP contribution in [0.15, 0.2) is 18.2 Å². The van der Waals surface area contributed by atoms with Crippen LogP contribution in [0.3, 0.4) is 0 Å². The summed E-state index contributed by atoms with van der Waals surface area (Å²) in [6.07, 6.45) is 2.19. The van der Waals surface area contributed by atoms with Crippen LogP contribution in [0.1, 0.15) is 43.5 Å². The molecule has 1 unspecified atom stereocenters. The number of nitrogens with one attached hydrogen (secondary N) is 2. The Morgan fingerprint density at radius 1 is 1.26 bits per heavy atom. The van der Waals surface area contributed by atoms with Crippen molar-refractivity contribution in [2.75, 3.05) is 19.6 Å². The first-order valence-electron chi connectivity index (χ1n) is 9.11. The van der Waals surface area contributed by atoms with Gasteiger partial charge in [-0.1, -0.05) is 37.0 Å². The zero-order valence-electron chi connectivity index (χ0n) is 15.6. The Morgan fingerprint density at radius 3 is 2.59 bits per heavy atom.